The summed E-state index contributed by atoms with van der Waals surface area (Å²) in [7, 11) is 2.82. The van der Waals surface area contributed by atoms with E-state index in [1.54, 1.807) is 0 Å². The minimum atomic E-state index is -0.680. The fourth-order valence-corrected chi connectivity index (χ4v) is 2.42. The first-order valence-corrected chi connectivity index (χ1v) is 6.78. The van der Waals surface area contributed by atoms with Crippen molar-refractivity contribution in [1.82, 2.24) is 9.97 Å². The molecule has 1 aromatic carbocycles. The lowest BCUT2D eigenvalue weighted by molar-refractivity contribution is 0.394. The van der Waals surface area contributed by atoms with Gasteiger partial charge < -0.3 is 15.2 Å². The minimum Gasteiger partial charge on any atom is -0.495 e. The molecule has 0 amide bonds. The van der Waals surface area contributed by atoms with Gasteiger partial charge in [0.05, 0.1) is 29.8 Å². The fraction of sp³-hybridized carbons (Fsp3) is 0.143. The molecule has 2 N–H and O–H groups in total. The van der Waals surface area contributed by atoms with Gasteiger partial charge in [0.25, 0.3) is 0 Å². The second kappa shape index (κ2) is 6.81. The molecule has 0 atom stereocenters. The van der Waals surface area contributed by atoms with Crippen molar-refractivity contribution in [2.45, 2.75) is 0 Å². The van der Waals surface area contributed by atoms with Gasteiger partial charge in [-0.2, -0.15) is 0 Å². The molecule has 0 unspecified atom stereocenters. The highest BCUT2D eigenvalue weighted by Crippen LogP contribution is 2.44. The summed E-state index contributed by atoms with van der Waals surface area (Å²) >= 11 is 12.3. The number of methoxy groups -OCH3 is 2. The molecule has 2 aromatic rings. The standard InChI is InChI=1S/C14H12Cl2FN3O2/c1-21-9-4-10(22-2)13(16)11(12(9)15)8(17)3-7-5-19-14(18)20-6-7/h3-6H,1-2H3,(H2,18,19,20)/b8-3-. The summed E-state index contributed by atoms with van der Waals surface area (Å²) in [5.74, 6) is -0.0951. The van der Waals surface area contributed by atoms with Crippen LogP contribution in [0.25, 0.3) is 11.9 Å². The third kappa shape index (κ3) is 3.23. The molecule has 1 aromatic heterocycles. The number of hydrogen-bond acceptors (Lipinski definition) is 5. The monoisotopic (exact) mass is 343 g/mol. The van der Waals surface area contributed by atoms with Crippen LogP contribution in [-0.4, -0.2) is 24.2 Å². The van der Waals surface area contributed by atoms with Crippen LogP contribution in [0.4, 0.5) is 10.3 Å². The normalized spacial score (nSPS) is 11.4. The Morgan fingerprint density at radius 3 is 2.09 bits per heavy atom. The van der Waals surface area contributed by atoms with Crippen LogP contribution in [-0.2, 0) is 0 Å². The Labute approximate surface area is 136 Å². The topological polar surface area (TPSA) is 70.3 Å². The molecular formula is C14H12Cl2FN3O2. The number of nitrogens with two attached hydrogens (primary N) is 1. The largest absolute Gasteiger partial charge is 0.495 e. The van der Waals surface area contributed by atoms with Gasteiger partial charge in [-0.1, -0.05) is 23.2 Å². The molecule has 22 heavy (non-hydrogen) atoms. The summed E-state index contributed by atoms with van der Waals surface area (Å²) in [6.07, 6.45) is 3.94. The van der Waals surface area contributed by atoms with E-state index in [9.17, 15) is 4.39 Å². The van der Waals surface area contributed by atoms with E-state index in [-0.39, 0.29) is 33.1 Å². The molecule has 1 heterocycles. The van der Waals surface area contributed by atoms with Crippen LogP contribution in [0.15, 0.2) is 18.5 Å². The Morgan fingerprint density at radius 2 is 1.64 bits per heavy atom. The van der Waals surface area contributed by atoms with Crippen molar-refractivity contribution < 1.29 is 13.9 Å². The van der Waals surface area contributed by atoms with Gasteiger partial charge in [0.15, 0.2) is 0 Å². The van der Waals surface area contributed by atoms with Crippen molar-refractivity contribution in [2.75, 3.05) is 20.0 Å². The molecular weight excluding hydrogens is 332 g/mol. The van der Waals surface area contributed by atoms with Crippen LogP contribution >= 0.6 is 23.2 Å². The van der Waals surface area contributed by atoms with Crippen molar-refractivity contribution in [2.24, 2.45) is 0 Å². The maximum absolute atomic E-state index is 14.6. The Kier molecular flexibility index (Phi) is 5.05. The van der Waals surface area contributed by atoms with E-state index in [1.165, 1.54) is 38.8 Å². The van der Waals surface area contributed by atoms with E-state index in [0.717, 1.165) is 0 Å². The van der Waals surface area contributed by atoms with Crippen LogP contribution in [0.5, 0.6) is 11.5 Å². The predicted molar refractivity (Wildman–Crippen MR) is 85.0 cm³/mol. The molecule has 0 saturated carbocycles. The quantitative estimate of drug-likeness (QED) is 0.912. The average molecular weight is 344 g/mol. The number of anilines is 1. The third-order valence-electron chi connectivity index (χ3n) is 2.80. The molecule has 8 heteroatoms. The van der Waals surface area contributed by atoms with Gasteiger partial charge in [0.1, 0.15) is 17.3 Å². The number of ether oxygens (including phenoxy) is 2. The van der Waals surface area contributed by atoms with Gasteiger partial charge in [0.2, 0.25) is 5.95 Å². The maximum Gasteiger partial charge on any atom is 0.219 e. The maximum atomic E-state index is 14.6. The number of aromatic nitrogens is 2. The van der Waals surface area contributed by atoms with Gasteiger partial charge in [-0.3, -0.25) is 0 Å². The van der Waals surface area contributed by atoms with Crippen LogP contribution in [0.1, 0.15) is 11.1 Å². The molecule has 0 fully saturated rings. The number of hydrogen-bond donors (Lipinski definition) is 1. The average Bonchev–Trinajstić information content (AvgIpc) is 2.50. The lowest BCUT2D eigenvalue weighted by Gasteiger charge is -2.13. The van der Waals surface area contributed by atoms with Gasteiger partial charge >= 0.3 is 0 Å². The van der Waals surface area contributed by atoms with E-state index in [1.807, 2.05) is 0 Å². The lowest BCUT2D eigenvalue weighted by Crippen LogP contribution is -1.95. The first-order chi connectivity index (χ1) is 10.5. The summed E-state index contributed by atoms with van der Waals surface area (Å²) in [4.78, 5) is 7.56. The summed E-state index contributed by atoms with van der Waals surface area (Å²) in [6, 6.07) is 1.48. The zero-order chi connectivity index (χ0) is 16.3. The summed E-state index contributed by atoms with van der Waals surface area (Å²) in [6.45, 7) is 0. The molecule has 0 spiro atoms. The number of nitrogens with zero attached hydrogens (tertiary/aromatic N) is 2. The van der Waals surface area contributed by atoms with Crippen molar-refractivity contribution in [1.29, 1.82) is 0 Å². The smallest absolute Gasteiger partial charge is 0.219 e. The number of halogens is 3. The second-order valence-corrected chi connectivity index (χ2v) is 4.91. The van der Waals surface area contributed by atoms with Gasteiger partial charge in [-0.15, -0.1) is 0 Å². The first kappa shape index (κ1) is 16.3. The predicted octanol–water partition coefficient (Wildman–Crippen LogP) is 3.85. The molecule has 0 aliphatic heterocycles. The van der Waals surface area contributed by atoms with Crippen LogP contribution in [0.3, 0.4) is 0 Å². The summed E-state index contributed by atoms with van der Waals surface area (Å²) in [5.41, 5.74) is 5.75. The van der Waals surface area contributed by atoms with E-state index in [0.29, 0.717) is 5.56 Å². The Morgan fingerprint density at radius 1 is 1.14 bits per heavy atom. The molecule has 5 nitrogen and oxygen atoms in total. The second-order valence-electron chi connectivity index (χ2n) is 4.15. The zero-order valence-electron chi connectivity index (χ0n) is 11.7. The van der Waals surface area contributed by atoms with Crippen molar-refractivity contribution >= 4 is 41.1 Å². The van der Waals surface area contributed by atoms with Crippen molar-refractivity contribution in [3.63, 3.8) is 0 Å². The molecule has 2 rings (SSSR count). The van der Waals surface area contributed by atoms with Crippen molar-refractivity contribution in [3.05, 3.63) is 39.6 Å². The van der Waals surface area contributed by atoms with E-state index in [4.69, 9.17) is 38.4 Å². The Bertz CT molecular complexity index is 693. The molecule has 0 radical (unpaired) electrons. The van der Waals surface area contributed by atoms with Crippen LogP contribution < -0.4 is 15.2 Å². The molecule has 0 aliphatic carbocycles. The van der Waals surface area contributed by atoms with Crippen LogP contribution in [0, 0.1) is 0 Å². The van der Waals surface area contributed by atoms with Crippen LogP contribution in [0.2, 0.25) is 10.0 Å². The summed E-state index contributed by atoms with van der Waals surface area (Å²) in [5, 5.41) is 0.0804. The highest BCUT2D eigenvalue weighted by molar-refractivity contribution is 6.39. The third-order valence-corrected chi connectivity index (χ3v) is 3.55. The summed E-state index contributed by atoms with van der Waals surface area (Å²) < 4.78 is 24.8. The zero-order valence-corrected chi connectivity index (χ0v) is 13.2. The highest BCUT2D eigenvalue weighted by atomic mass is 35.5. The minimum absolute atomic E-state index is 0.0311. The van der Waals surface area contributed by atoms with Gasteiger partial charge in [0, 0.05) is 24.0 Å². The fourth-order valence-electron chi connectivity index (χ4n) is 1.74. The number of rotatable bonds is 4. The SMILES string of the molecule is COc1cc(OC)c(Cl)c(/C(F)=C/c2cnc(N)nc2)c1Cl. The molecule has 0 aliphatic rings. The number of benzene rings is 1. The molecule has 0 saturated heterocycles. The number of nitrogen functional groups attached to an aromatic ring is 1. The highest BCUT2D eigenvalue weighted by Gasteiger charge is 2.20. The van der Waals surface area contributed by atoms with Gasteiger partial charge in [-0.05, 0) is 6.08 Å². The molecule has 116 valence electrons. The van der Waals surface area contributed by atoms with E-state index >= 15 is 0 Å². The lowest BCUT2D eigenvalue weighted by atomic mass is 10.1. The Hall–Kier alpha value is -2.05. The Balaban J connectivity index is 2.57. The van der Waals surface area contributed by atoms with Gasteiger partial charge in [-0.25, -0.2) is 14.4 Å². The van der Waals surface area contributed by atoms with E-state index in [2.05, 4.69) is 9.97 Å². The first-order valence-electron chi connectivity index (χ1n) is 6.03. The van der Waals surface area contributed by atoms with Crippen molar-refractivity contribution in [3.8, 4) is 11.5 Å². The molecule has 0 bridgehead atoms. The van der Waals surface area contributed by atoms with E-state index < -0.39 is 5.83 Å².